The van der Waals surface area contributed by atoms with Crippen LogP contribution >= 0.6 is 11.3 Å². The maximum Gasteiger partial charge on any atom is 0.266 e. The Morgan fingerprint density at radius 3 is 2.46 bits per heavy atom. The molecule has 1 atom stereocenters. The number of benzene rings is 1. The van der Waals surface area contributed by atoms with Crippen molar-refractivity contribution < 1.29 is 4.79 Å². The van der Waals surface area contributed by atoms with Crippen molar-refractivity contribution in [2.24, 2.45) is 0 Å². The van der Waals surface area contributed by atoms with Crippen molar-refractivity contribution in [1.29, 1.82) is 0 Å². The van der Waals surface area contributed by atoms with E-state index in [1.54, 1.807) is 17.3 Å². The second-order valence-corrected chi connectivity index (χ2v) is 7.62. The zero-order valence-corrected chi connectivity index (χ0v) is 16.6. The lowest BCUT2D eigenvalue weighted by molar-refractivity contribution is 0.0746. The van der Waals surface area contributed by atoms with Crippen LogP contribution in [0.2, 0.25) is 0 Å². The largest absolute Gasteiger partial charge is 0.334 e. The minimum Gasteiger partial charge on any atom is -0.334 e. The number of carbonyl (C=O) groups is 1. The Morgan fingerprint density at radius 2 is 1.81 bits per heavy atom. The van der Waals surface area contributed by atoms with Gasteiger partial charge in [-0.3, -0.25) is 9.78 Å². The van der Waals surface area contributed by atoms with Crippen molar-refractivity contribution in [1.82, 2.24) is 14.9 Å². The zero-order chi connectivity index (χ0) is 18.8. The number of pyridine rings is 1. The van der Waals surface area contributed by atoms with Gasteiger partial charge in [0, 0.05) is 25.0 Å². The Bertz CT molecular complexity index is 934. The summed E-state index contributed by atoms with van der Waals surface area (Å²) in [4.78, 5) is 24.2. The van der Waals surface area contributed by atoms with Gasteiger partial charge in [-0.15, -0.1) is 11.3 Å². The number of nitrogens with zero attached hydrogens (tertiary/aromatic N) is 3. The fourth-order valence-electron chi connectivity index (χ4n) is 2.97. The van der Waals surface area contributed by atoms with Crippen LogP contribution in [-0.2, 0) is 0 Å². The van der Waals surface area contributed by atoms with Gasteiger partial charge >= 0.3 is 0 Å². The van der Waals surface area contributed by atoms with Crippen molar-refractivity contribution in [3.63, 3.8) is 0 Å². The normalized spacial score (nSPS) is 12.0. The summed E-state index contributed by atoms with van der Waals surface area (Å²) in [5.41, 5.74) is 5.34. The Hall–Kier alpha value is -2.53. The van der Waals surface area contributed by atoms with Gasteiger partial charge in [0.25, 0.3) is 5.91 Å². The highest BCUT2D eigenvalue weighted by atomic mass is 32.1. The van der Waals surface area contributed by atoms with Gasteiger partial charge < -0.3 is 4.90 Å². The van der Waals surface area contributed by atoms with E-state index in [0.717, 1.165) is 21.8 Å². The first-order valence-corrected chi connectivity index (χ1v) is 9.42. The summed E-state index contributed by atoms with van der Waals surface area (Å²) in [6, 6.07) is 10.2. The van der Waals surface area contributed by atoms with Gasteiger partial charge in [-0.1, -0.05) is 23.8 Å². The zero-order valence-electron chi connectivity index (χ0n) is 15.8. The van der Waals surface area contributed by atoms with Crippen LogP contribution in [0.1, 0.15) is 45.0 Å². The summed E-state index contributed by atoms with van der Waals surface area (Å²) >= 11 is 1.47. The molecule has 2 heterocycles. The summed E-state index contributed by atoms with van der Waals surface area (Å²) in [7, 11) is 1.84. The topological polar surface area (TPSA) is 46.1 Å². The van der Waals surface area contributed by atoms with Crippen LogP contribution in [0.25, 0.3) is 10.6 Å². The third-order valence-corrected chi connectivity index (χ3v) is 5.87. The molecule has 4 nitrogen and oxygen atoms in total. The van der Waals surface area contributed by atoms with E-state index in [2.05, 4.69) is 42.0 Å². The molecule has 0 fully saturated rings. The van der Waals surface area contributed by atoms with E-state index in [1.165, 1.54) is 22.5 Å². The smallest absolute Gasteiger partial charge is 0.266 e. The van der Waals surface area contributed by atoms with Crippen LogP contribution in [0.5, 0.6) is 0 Å². The quantitative estimate of drug-likeness (QED) is 0.656. The number of carbonyl (C=O) groups excluding carboxylic acids is 1. The number of hydrogen-bond acceptors (Lipinski definition) is 4. The van der Waals surface area contributed by atoms with E-state index in [0.29, 0.717) is 4.88 Å². The summed E-state index contributed by atoms with van der Waals surface area (Å²) < 4.78 is 0. The van der Waals surface area contributed by atoms with Crippen LogP contribution in [0.15, 0.2) is 42.7 Å². The van der Waals surface area contributed by atoms with Gasteiger partial charge in [-0.05, 0) is 51.0 Å². The predicted octanol–water partition coefficient (Wildman–Crippen LogP) is 4.96. The van der Waals surface area contributed by atoms with Crippen LogP contribution < -0.4 is 0 Å². The van der Waals surface area contributed by atoms with Gasteiger partial charge in [0.05, 0.1) is 11.7 Å². The number of amides is 1. The first-order chi connectivity index (χ1) is 12.4. The SMILES string of the molecule is Cc1ccc(-c2nc(C)c(C(=O)N(C)C(C)c3ccncc3)s2)c(C)c1. The lowest BCUT2D eigenvalue weighted by atomic mass is 10.1. The molecule has 1 amide bonds. The molecule has 0 bridgehead atoms. The molecular formula is C21H23N3OS. The van der Waals surface area contributed by atoms with Crippen molar-refractivity contribution in [3.05, 3.63) is 70.0 Å². The third kappa shape index (κ3) is 3.53. The van der Waals surface area contributed by atoms with Crippen molar-refractivity contribution in [2.75, 3.05) is 7.05 Å². The highest BCUT2D eigenvalue weighted by molar-refractivity contribution is 7.17. The molecule has 0 aliphatic heterocycles. The van der Waals surface area contributed by atoms with E-state index in [9.17, 15) is 4.79 Å². The molecule has 3 rings (SSSR count). The molecule has 134 valence electrons. The Balaban J connectivity index is 1.90. The van der Waals surface area contributed by atoms with Crippen LogP contribution in [0.3, 0.4) is 0 Å². The van der Waals surface area contributed by atoms with Gasteiger partial charge in [-0.2, -0.15) is 0 Å². The van der Waals surface area contributed by atoms with Crippen LogP contribution in [-0.4, -0.2) is 27.8 Å². The molecular weight excluding hydrogens is 342 g/mol. The minimum absolute atomic E-state index is 0.000303. The average Bonchev–Trinajstić information content (AvgIpc) is 3.02. The van der Waals surface area contributed by atoms with Gasteiger partial charge in [0.2, 0.25) is 0 Å². The first kappa shape index (κ1) is 18.3. The summed E-state index contributed by atoms with van der Waals surface area (Å²) in [5, 5.41) is 0.897. The third-order valence-electron chi connectivity index (χ3n) is 4.69. The number of hydrogen-bond donors (Lipinski definition) is 0. The Kier molecular flexibility index (Phi) is 5.18. The molecule has 2 aromatic heterocycles. The molecule has 5 heteroatoms. The lowest BCUT2D eigenvalue weighted by Crippen LogP contribution is -2.29. The highest BCUT2D eigenvalue weighted by Gasteiger charge is 2.24. The molecule has 0 saturated heterocycles. The van der Waals surface area contributed by atoms with Crippen molar-refractivity contribution in [2.45, 2.75) is 33.7 Å². The second kappa shape index (κ2) is 7.38. The van der Waals surface area contributed by atoms with E-state index in [1.807, 2.05) is 33.0 Å². The van der Waals surface area contributed by atoms with E-state index in [4.69, 9.17) is 0 Å². The van der Waals surface area contributed by atoms with Gasteiger partial charge in [0.1, 0.15) is 9.88 Å². The van der Waals surface area contributed by atoms with Crippen molar-refractivity contribution >= 4 is 17.2 Å². The van der Waals surface area contributed by atoms with Crippen molar-refractivity contribution in [3.8, 4) is 10.6 Å². The molecule has 0 saturated carbocycles. The number of aryl methyl sites for hydroxylation is 3. The summed E-state index contributed by atoms with van der Waals surface area (Å²) in [5.74, 6) is 0.000303. The average molecular weight is 366 g/mol. The maximum absolute atomic E-state index is 13.0. The van der Waals surface area contributed by atoms with Gasteiger partial charge in [-0.25, -0.2) is 4.98 Å². The van der Waals surface area contributed by atoms with Gasteiger partial charge in [0.15, 0.2) is 0 Å². The molecule has 0 radical (unpaired) electrons. The highest BCUT2D eigenvalue weighted by Crippen LogP contribution is 2.32. The minimum atomic E-state index is -0.0310. The van der Waals surface area contributed by atoms with E-state index < -0.39 is 0 Å². The maximum atomic E-state index is 13.0. The molecule has 0 N–H and O–H groups in total. The fourth-order valence-corrected chi connectivity index (χ4v) is 4.10. The Labute approximate surface area is 158 Å². The summed E-state index contributed by atoms with van der Waals surface area (Å²) in [6.45, 7) is 8.09. The van der Waals surface area contributed by atoms with E-state index >= 15 is 0 Å². The number of aromatic nitrogens is 2. The Morgan fingerprint density at radius 1 is 1.12 bits per heavy atom. The molecule has 0 aliphatic carbocycles. The second-order valence-electron chi connectivity index (χ2n) is 6.62. The number of thiazole rings is 1. The number of rotatable bonds is 4. The van der Waals surface area contributed by atoms with E-state index in [-0.39, 0.29) is 11.9 Å². The molecule has 1 unspecified atom stereocenters. The summed E-state index contributed by atoms with van der Waals surface area (Å²) in [6.07, 6.45) is 3.50. The van der Waals surface area contributed by atoms with Crippen LogP contribution in [0, 0.1) is 20.8 Å². The molecule has 1 aromatic carbocycles. The standard InChI is InChI=1S/C21H23N3OS/c1-13-6-7-18(14(2)12-13)20-23-15(3)19(26-20)21(25)24(5)16(4)17-8-10-22-11-9-17/h6-12,16H,1-5H3. The molecule has 26 heavy (non-hydrogen) atoms. The molecule has 0 aliphatic rings. The molecule has 0 spiro atoms. The lowest BCUT2D eigenvalue weighted by Gasteiger charge is -2.24. The predicted molar refractivity (Wildman–Crippen MR) is 107 cm³/mol. The first-order valence-electron chi connectivity index (χ1n) is 8.60. The molecule has 3 aromatic rings. The van der Waals surface area contributed by atoms with Crippen LogP contribution in [0.4, 0.5) is 0 Å². The monoisotopic (exact) mass is 365 g/mol. The fraction of sp³-hybridized carbons (Fsp3) is 0.286.